The fourth-order valence-corrected chi connectivity index (χ4v) is 3.56. The van der Waals surface area contributed by atoms with Crippen LogP contribution in [0.2, 0.25) is 0 Å². The summed E-state index contributed by atoms with van der Waals surface area (Å²) >= 11 is 1.66. The number of hydrogen-bond acceptors (Lipinski definition) is 3. The third kappa shape index (κ3) is 2.17. The number of hydrogen-bond donors (Lipinski definition) is 1. The van der Waals surface area contributed by atoms with Gasteiger partial charge in [-0.05, 0) is 61.1 Å². The molecule has 18 heavy (non-hydrogen) atoms. The maximum Gasteiger partial charge on any atom is 0.0652 e. The van der Waals surface area contributed by atoms with Crippen molar-refractivity contribution in [2.24, 2.45) is 0 Å². The molecule has 2 heterocycles. The number of nitrogens with zero attached hydrogens (tertiary/aromatic N) is 1. The molecule has 1 saturated heterocycles. The summed E-state index contributed by atoms with van der Waals surface area (Å²) in [5, 5.41) is 4.83. The summed E-state index contributed by atoms with van der Waals surface area (Å²) in [4.78, 5) is 0. The van der Waals surface area contributed by atoms with Crippen molar-refractivity contribution in [3.8, 4) is 0 Å². The van der Waals surface area contributed by atoms with Crippen molar-refractivity contribution < 1.29 is 0 Å². The second kappa shape index (κ2) is 4.98. The zero-order valence-corrected chi connectivity index (χ0v) is 11.9. The lowest BCUT2D eigenvalue weighted by Gasteiger charge is -2.21. The molecule has 0 saturated carbocycles. The summed E-state index contributed by atoms with van der Waals surface area (Å²) in [6.45, 7) is 6.78. The molecule has 3 heteroatoms. The minimum absolute atomic E-state index is 0.593. The highest BCUT2D eigenvalue weighted by atomic mass is 32.1. The molecule has 0 aliphatic carbocycles. The van der Waals surface area contributed by atoms with E-state index in [0.29, 0.717) is 11.8 Å². The van der Waals surface area contributed by atoms with E-state index < -0.39 is 0 Å². The van der Waals surface area contributed by atoms with Crippen molar-refractivity contribution >= 4 is 21.6 Å². The predicted octanol–water partition coefficient (Wildman–Crippen LogP) is 3.89. The normalized spacial score (nSPS) is 17.7. The molecule has 1 N–H and O–H groups in total. The number of piperidine rings is 1. The van der Waals surface area contributed by atoms with Crippen LogP contribution >= 0.6 is 11.5 Å². The molecule has 0 spiro atoms. The topological polar surface area (TPSA) is 24.9 Å². The number of nitrogens with one attached hydrogen (secondary N) is 1. The number of rotatable bonds is 2. The summed E-state index contributed by atoms with van der Waals surface area (Å²) in [5.41, 5.74) is 2.77. The monoisotopic (exact) mass is 260 g/mol. The van der Waals surface area contributed by atoms with Gasteiger partial charge in [-0.25, -0.2) is 0 Å². The third-order valence-electron chi connectivity index (χ3n) is 3.91. The molecule has 96 valence electrons. The molecule has 0 atom stereocenters. The average molecular weight is 260 g/mol. The zero-order valence-electron chi connectivity index (χ0n) is 11.1. The average Bonchev–Trinajstić information content (AvgIpc) is 2.82. The van der Waals surface area contributed by atoms with Crippen LogP contribution < -0.4 is 5.32 Å². The highest BCUT2D eigenvalue weighted by Crippen LogP contribution is 2.34. The van der Waals surface area contributed by atoms with Gasteiger partial charge in [0, 0.05) is 11.3 Å². The molecule has 0 radical (unpaired) electrons. The lowest BCUT2D eigenvalue weighted by Crippen LogP contribution is -2.26. The van der Waals surface area contributed by atoms with E-state index in [1.165, 1.54) is 34.2 Å². The number of fused-ring (bicyclic) bond motifs is 1. The summed E-state index contributed by atoms with van der Waals surface area (Å²) in [7, 11) is 0. The van der Waals surface area contributed by atoms with Crippen LogP contribution in [0.25, 0.3) is 10.1 Å². The van der Waals surface area contributed by atoms with Crippen LogP contribution in [-0.4, -0.2) is 17.5 Å². The summed E-state index contributed by atoms with van der Waals surface area (Å²) < 4.78 is 6.07. The smallest absolute Gasteiger partial charge is 0.0652 e. The first kappa shape index (κ1) is 12.1. The van der Waals surface area contributed by atoms with Gasteiger partial charge in [0.25, 0.3) is 0 Å². The molecule has 1 fully saturated rings. The molecule has 0 unspecified atom stereocenters. The van der Waals surface area contributed by atoms with Crippen molar-refractivity contribution in [1.82, 2.24) is 9.69 Å². The van der Waals surface area contributed by atoms with Gasteiger partial charge in [0.1, 0.15) is 0 Å². The molecule has 0 bridgehead atoms. The molecule has 2 aromatic rings. The van der Waals surface area contributed by atoms with Crippen LogP contribution in [0.3, 0.4) is 0 Å². The number of aromatic nitrogens is 1. The highest BCUT2D eigenvalue weighted by Gasteiger charge is 2.20. The van der Waals surface area contributed by atoms with Crippen LogP contribution in [0.5, 0.6) is 0 Å². The second-order valence-corrected chi connectivity index (χ2v) is 6.31. The Labute approximate surface area is 113 Å². The van der Waals surface area contributed by atoms with E-state index in [2.05, 4.69) is 37.4 Å². The van der Waals surface area contributed by atoms with Crippen LogP contribution in [0, 0.1) is 0 Å². The standard InChI is InChI=1S/C15H20N2S/c1-10(2)12-3-4-14-13(9-12)15(17-18-14)11-5-7-16-8-6-11/h3-4,9-11,16H,5-8H2,1-2H3. The van der Waals surface area contributed by atoms with Crippen molar-refractivity contribution in [3.63, 3.8) is 0 Å². The lowest BCUT2D eigenvalue weighted by molar-refractivity contribution is 0.457. The Morgan fingerprint density at radius 3 is 2.78 bits per heavy atom. The lowest BCUT2D eigenvalue weighted by atomic mass is 9.91. The first-order valence-electron chi connectivity index (χ1n) is 6.85. The van der Waals surface area contributed by atoms with Gasteiger partial charge in [-0.3, -0.25) is 0 Å². The fourth-order valence-electron chi connectivity index (χ4n) is 2.72. The van der Waals surface area contributed by atoms with E-state index in [0.717, 1.165) is 13.1 Å². The maximum atomic E-state index is 4.73. The molecule has 2 nitrogen and oxygen atoms in total. The van der Waals surface area contributed by atoms with Gasteiger partial charge in [-0.2, -0.15) is 4.37 Å². The Kier molecular flexibility index (Phi) is 3.35. The van der Waals surface area contributed by atoms with Crippen LogP contribution in [-0.2, 0) is 0 Å². The van der Waals surface area contributed by atoms with Gasteiger partial charge in [-0.15, -0.1) is 0 Å². The van der Waals surface area contributed by atoms with Gasteiger partial charge in [0.2, 0.25) is 0 Å². The predicted molar refractivity (Wildman–Crippen MR) is 78.6 cm³/mol. The van der Waals surface area contributed by atoms with Crippen LogP contribution in [0.4, 0.5) is 0 Å². The molecular weight excluding hydrogens is 240 g/mol. The van der Waals surface area contributed by atoms with Gasteiger partial charge >= 0.3 is 0 Å². The molecule has 1 aromatic carbocycles. The van der Waals surface area contributed by atoms with Gasteiger partial charge in [-0.1, -0.05) is 19.9 Å². The molecule has 3 rings (SSSR count). The van der Waals surface area contributed by atoms with E-state index in [4.69, 9.17) is 4.37 Å². The van der Waals surface area contributed by atoms with Crippen LogP contribution in [0.1, 0.15) is 49.8 Å². The zero-order chi connectivity index (χ0) is 12.5. The van der Waals surface area contributed by atoms with Gasteiger partial charge < -0.3 is 5.32 Å². The molecule has 0 amide bonds. The second-order valence-electron chi connectivity index (χ2n) is 5.50. The molecule has 1 aliphatic rings. The Morgan fingerprint density at radius 1 is 1.28 bits per heavy atom. The van der Waals surface area contributed by atoms with Gasteiger partial charge in [0.15, 0.2) is 0 Å². The minimum Gasteiger partial charge on any atom is -0.317 e. The fraction of sp³-hybridized carbons (Fsp3) is 0.533. The summed E-state index contributed by atoms with van der Waals surface area (Å²) in [6, 6.07) is 6.85. The number of benzene rings is 1. The van der Waals surface area contributed by atoms with E-state index in [1.54, 1.807) is 11.5 Å². The Bertz CT molecular complexity index is 538. The largest absolute Gasteiger partial charge is 0.317 e. The minimum atomic E-state index is 0.593. The van der Waals surface area contributed by atoms with Crippen molar-refractivity contribution in [2.45, 2.75) is 38.5 Å². The Morgan fingerprint density at radius 2 is 2.06 bits per heavy atom. The van der Waals surface area contributed by atoms with E-state index in [1.807, 2.05) is 0 Å². The van der Waals surface area contributed by atoms with Crippen molar-refractivity contribution in [2.75, 3.05) is 13.1 Å². The Hall–Kier alpha value is -0.930. The molecular formula is C15H20N2S. The highest BCUT2D eigenvalue weighted by molar-refractivity contribution is 7.13. The van der Waals surface area contributed by atoms with E-state index in [-0.39, 0.29) is 0 Å². The van der Waals surface area contributed by atoms with E-state index >= 15 is 0 Å². The summed E-state index contributed by atoms with van der Waals surface area (Å²) in [6.07, 6.45) is 2.45. The first-order valence-corrected chi connectivity index (χ1v) is 7.63. The quantitative estimate of drug-likeness (QED) is 0.886. The third-order valence-corrected chi connectivity index (χ3v) is 4.76. The van der Waals surface area contributed by atoms with Crippen LogP contribution in [0.15, 0.2) is 18.2 Å². The SMILES string of the molecule is CC(C)c1ccc2snc(C3CCNCC3)c2c1. The van der Waals surface area contributed by atoms with Crippen molar-refractivity contribution in [1.29, 1.82) is 0 Å². The van der Waals surface area contributed by atoms with Crippen molar-refractivity contribution in [3.05, 3.63) is 29.5 Å². The molecule has 1 aliphatic heterocycles. The summed E-state index contributed by atoms with van der Waals surface area (Å²) in [5.74, 6) is 1.25. The molecule has 1 aromatic heterocycles. The van der Waals surface area contributed by atoms with E-state index in [9.17, 15) is 0 Å². The first-order chi connectivity index (χ1) is 8.75. The van der Waals surface area contributed by atoms with Gasteiger partial charge in [0.05, 0.1) is 10.4 Å². The Balaban J connectivity index is 2.03. The maximum absolute atomic E-state index is 4.73.